The number of aromatic nitrogens is 2. The van der Waals surface area contributed by atoms with Crippen LogP contribution in [-0.2, 0) is 42.1 Å². The highest BCUT2D eigenvalue weighted by atomic mass is 16.8. The van der Waals surface area contributed by atoms with Crippen molar-refractivity contribution in [3.8, 4) is 6.01 Å². The zero-order valence-electron chi connectivity index (χ0n) is 11.6. The fraction of sp³-hybridized carbons (Fsp3) is 0.300. The SMILES string of the molecule is CCn1cc[n+](C)c1OB(OC(=O)C(=O)O)OC(=O)C(=O)O. The predicted molar refractivity (Wildman–Crippen MR) is 65.1 cm³/mol. The van der Waals surface area contributed by atoms with E-state index in [9.17, 15) is 19.2 Å². The summed E-state index contributed by atoms with van der Waals surface area (Å²) in [4.78, 5) is 42.9. The molecule has 0 aliphatic heterocycles. The van der Waals surface area contributed by atoms with Crippen LogP contribution in [0.5, 0.6) is 6.01 Å². The molecule has 0 aromatic carbocycles. The smallest absolute Gasteiger partial charge is 0.473 e. The molecule has 0 aliphatic rings. The van der Waals surface area contributed by atoms with E-state index in [0.29, 0.717) is 6.54 Å². The lowest BCUT2D eigenvalue weighted by atomic mass is 10.2. The van der Waals surface area contributed by atoms with Crippen LogP contribution >= 0.6 is 0 Å². The van der Waals surface area contributed by atoms with Crippen LogP contribution in [0.1, 0.15) is 6.92 Å². The van der Waals surface area contributed by atoms with Gasteiger partial charge < -0.3 is 24.2 Å². The molecule has 0 saturated carbocycles. The van der Waals surface area contributed by atoms with Crippen LogP contribution in [0.3, 0.4) is 0 Å². The van der Waals surface area contributed by atoms with Crippen molar-refractivity contribution in [2.24, 2.45) is 7.05 Å². The topological polar surface area (TPSA) is 145 Å². The van der Waals surface area contributed by atoms with E-state index in [0.717, 1.165) is 0 Å². The fourth-order valence-electron chi connectivity index (χ4n) is 1.34. The Kier molecular flexibility index (Phi) is 5.49. The van der Waals surface area contributed by atoms with E-state index in [1.54, 1.807) is 26.4 Å². The maximum Gasteiger partial charge on any atom is 0.873 e. The van der Waals surface area contributed by atoms with Gasteiger partial charge in [0.1, 0.15) is 12.4 Å². The number of carboxylic acids is 2. The molecule has 0 amide bonds. The zero-order valence-corrected chi connectivity index (χ0v) is 11.6. The summed E-state index contributed by atoms with van der Waals surface area (Å²) in [6.45, 7) is 2.19. The van der Waals surface area contributed by atoms with Crippen LogP contribution in [0.4, 0.5) is 0 Å². The summed E-state index contributed by atoms with van der Waals surface area (Å²) in [5, 5.41) is 16.9. The van der Waals surface area contributed by atoms with E-state index in [1.807, 2.05) is 0 Å². The van der Waals surface area contributed by atoms with Crippen molar-refractivity contribution in [2.75, 3.05) is 0 Å². The van der Waals surface area contributed by atoms with Gasteiger partial charge in [0, 0.05) is 0 Å². The largest absolute Gasteiger partial charge is 0.873 e. The van der Waals surface area contributed by atoms with E-state index < -0.39 is 31.2 Å². The first-order valence-corrected chi connectivity index (χ1v) is 5.85. The molecule has 0 unspecified atom stereocenters. The van der Waals surface area contributed by atoms with E-state index in [-0.39, 0.29) is 6.01 Å². The van der Waals surface area contributed by atoms with Crippen LogP contribution in [0, 0.1) is 0 Å². The van der Waals surface area contributed by atoms with Gasteiger partial charge in [-0.05, 0) is 6.92 Å². The van der Waals surface area contributed by atoms with Gasteiger partial charge in [0.2, 0.25) is 0 Å². The quantitative estimate of drug-likeness (QED) is 0.356. The average molecular weight is 315 g/mol. The minimum Gasteiger partial charge on any atom is -0.473 e. The number of carbonyl (C=O) groups excluding carboxylic acids is 2. The summed E-state index contributed by atoms with van der Waals surface area (Å²) < 4.78 is 16.5. The van der Waals surface area contributed by atoms with E-state index in [2.05, 4.69) is 9.31 Å². The van der Waals surface area contributed by atoms with Crippen molar-refractivity contribution >= 4 is 31.2 Å². The second-order valence-corrected chi connectivity index (χ2v) is 3.81. The predicted octanol–water partition coefficient (Wildman–Crippen LogP) is -2.05. The molecule has 1 heterocycles. The summed E-state index contributed by atoms with van der Waals surface area (Å²) in [5.74, 6) is -7.48. The van der Waals surface area contributed by atoms with Crippen LogP contribution < -0.4 is 9.22 Å². The van der Waals surface area contributed by atoms with Gasteiger partial charge in [0.25, 0.3) is 0 Å². The number of hydrogen-bond donors (Lipinski definition) is 2. The molecule has 1 aromatic heterocycles. The molecular formula is C10H12BN2O9+. The third-order valence-corrected chi connectivity index (χ3v) is 2.32. The Morgan fingerprint density at radius 3 is 2.09 bits per heavy atom. The van der Waals surface area contributed by atoms with E-state index in [1.165, 1.54) is 9.13 Å². The van der Waals surface area contributed by atoms with Crippen molar-refractivity contribution < 1.29 is 47.9 Å². The van der Waals surface area contributed by atoms with Gasteiger partial charge in [-0.15, -0.1) is 0 Å². The highest BCUT2D eigenvalue weighted by Crippen LogP contribution is 2.07. The molecule has 1 aromatic rings. The first kappa shape index (κ1) is 17.0. The maximum absolute atomic E-state index is 11.0. The molecule has 12 heteroatoms. The molecule has 22 heavy (non-hydrogen) atoms. The van der Waals surface area contributed by atoms with Gasteiger partial charge in [0.15, 0.2) is 0 Å². The maximum atomic E-state index is 11.0. The zero-order chi connectivity index (χ0) is 16.9. The second-order valence-electron chi connectivity index (χ2n) is 3.81. The number of carboxylic acid groups (broad SMARTS) is 2. The summed E-state index contributed by atoms with van der Waals surface area (Å²) in [7, 11) is -0.616. The number of aliphatic carboxylic acids is 2. The number of carbonyl (C=O) groups is 4. The number of nitrogens with zero attached hydrogens (tertiary/aromatic N) is 2. The van der Waals surface area contributed by atoms with Gasteiger partial charge in [0.05, 0.1) is 13.6 Å². The van der Waals surface area contributed by atoms with E-state index in [4.69, 9.17) is 14.9 Å². The summed E-state index contributed by atoms with van der Waals surface area (Å²) in [6.07, 6.45) is 3.15. The minimum absolute atomic E-state index is 0.0453. The third kappa shape index (κ3) is 4.23. The molecule has 0 spiro atoms. The van der Waals surface area contributed by atoms with E-state index >= 15 is 0 Å². The molecule has 1 rings (SSSR count). The summed E-state index contributed by atoms with van der Waals surface area (Å²) in [6, 6.07) is 0.0453. The average Bonchev–Trinajstić information content (AvgIpc) is 2.79. The normalized spacial score (nSPS) is 9.73. The molecular weight excluding hydrogens is 303 g/mol. The fourth-order valence-corrected chi connectivity index (χ4v) is 1.34. The first-order valence-electron chi connectivity index (χ1n) is 5.85. The Labute approximate surface area is 123 Å². The molecule has 0 radical (unpaired) electrons. The van der Waals surface area contributed by atoms with Crippen LogP contribution in [0.15, 0.2) is 12.4 Å². The lowest BCUT2D eigenvalue weighted by molar-refractivity contribution is -0.674. The molecule has 0 fully saturated rings. The number of hydrogen-bond acceptors (Lipinski definition) is 7. The Hall–Kier alpha value is -3.05. The highest BCUT2D eigenvalue weighted by Gasteiger charge is 2.41. The van der Waals surface area contributed by atoms with Gasteiger partial charge >= 0.3 is 37.2 Å². The van der Waals surface area contributed by atoms with Crippen molar-refractivity contribution in [1.29, 1.82) is 0 Å². The minimum atomic E-state index is -2.17. The van der Waals surface area contributed by atoms with Crippen LogP contribution in [-0.4, -0.2) is 46.0 Å². The van der Waals surface area contributed by atoms with Gasteiger partial charge in [-0.3, -0.25) is 0 Å². The first-order chi connectivity index (χ1) is 10.3. The molecule has 11 nitrogen and oxygen atoms in total. The number of imidazole rings is 1. The molecule has 0 aliphatic carbocycles. The van der Waals surface area contributed by atoms with Crippen LogP contribution in [0.25, 0.3) is 0 Å². The van der Waals surface area contributed by atoms with Gasteiger partial charge in [-0.25, -0.2) is 23.7 Å². The Balaban J connectivity index is 2.96. The Bertz CT molecular complexity index is 584. The summed E-state index contributed by atoms with van der Waals surface area (Å²) in [5.41, 5.74) is 0. The summed E-state index contributed by atoms with van der Waals surface area (Å²) >= 11 is 0. The van der Waals surface area contributed by atoms with Crippen LogP contribution in [0.2, 0.25) is 0 Å². The van der Waals surface area contributed by atoms with Crippen molar-refractivity contribution in [3.05, 3.63) is 12.4 Å². The Morgan fingerprint density at radius 2 is 1.68 bits per heavy atom. The standard InChI is InChI=1S/C10H11BN2O9/c1-3-13-5-4-12(2)10(13)22-11(20-8(18)6(14)15)21-9(19)7(16)17/h4-5H,3H2,1-2H3,(H-,14,15,16,17)/p+1. The van der Waals surface area contributed by atoms with Crippen molar-refractivity contribution in [2.45, 2.75) is 13.5 Å². The van der Waals surface area contributed by atoms with Crippen molar-refractivity contribution in [1.82, 2.24) is 4.57 Å². The van der Waals surface area contributed by atoms with Gasteiger partial charge in [-0.2, -0.15) is 4.57 Å². The molecule has 118 valence electrons. The second kappa shape index (κ2) is 7.10. The number of aryl methyl sites for hydroxylation is 2. The molecule has 0 saturated heterocycles. The Morgan fingerprint density at radius 1 is 1.18 bits per heavy atom. The van der Waals surface area contributed by atoms with Crippen molar-refractivity contribution in [3.63, 3.8) is 0 Å². The molecule has 0 atom stereocenters. The third-order valence-electron chi connectivity index (χ3n) is 2.32. The molecule has 0 bridgehead atoms. The van der Waals surface area contributed by atoms with Gasteiger partial charge in [-0.1, -0.05) is 0 Å². The lowest BCUT2D eigenvalue weighted by Crippen LogP contribution is -2.42. The lowest BCUT2D eigenvalue weighted by Gasteiger charge is -2.10. The monoisotopic (exact) mass is 315 g/mol. The highest BCUT2D eigenvalue weighted by molar-refractivity contribution is 6.50. The number of rotatable bonds is 5. The molecule has 2 N–H and O–H groups in total.